The number of nitrogens with zero attached hydrogens (tertiary/aromatic N) is 4. The molecule has 0 aliphatic carbocycles. The molecule has 1 atom stereocenters. The molecule has 0 amide bonds. The Labute approximate surface area is 106 Å². The molecule has 4 heteroatoms. The molecule has 0 bridgehead atoms. The van der Waals surface area contributed by atoms with Crippen LogP contribution in [0.15, 0.2) is 0 Å². The highest BCUT2D eigenvalue weighted by Crippen LogP contribution is 2.25. The van der Waals surface area contributed by atoms with Crippen LogP contribution in [0.1, 0.15) is 20.3 Å². The van der Waals surface area contributed by atoms with Crippen molar-refractivity contribution in [2.75, 3.05) is 47.3 Å². The van der Waals surface area contributed by atoms with Gasteiger partial charge in [-0.3, -0.25) is 4.90 Å². The summed E-state index contributed by atoms with van der Waals surface area (Å²) in [6.45, 7) is 8.73. The molecule has 0 saturated carbocycles. The summed E-state index contributed by atoms with van der Waals surface area (Å²) in [7, 11) is 6.35. The summed E-state index contributed by atoms with van der Waals surface area (Å²) in [5.74, 6) is 0. The summed E-state index contributed by atoms with van der Waals surface area (Å²) in [6.07, 6.45) is 0.626. The molecular formula is C13H26N4. The lowest BCUT2D eigenvalue weighted by Gasteiger charge is -2.51. The third-order valence-corrected chi connectivity index (χ3v) is 3.51. The molecule has 1 aliphatic rings. The fourth-order valence-electron chi connectivity index (χ4n) is 2.84. The Morgan fingerprint density at radius 2 is 2.06 bits per heavy atom. The van der Waals surface area contributed by atoms with Crippen LogP contribution in [0.2, 0.25) is 0 Å². The molecule has 17 heavy (non-hydrogen) atoms. The molecule has 0 radical (unpaired) electrons. The molecule has 1 fully saturated rings. The second-order valence-corrected chi connectivity index (χ2v) is 6.02. The van der Waals surface area contributed by atoms with Crippen LogP contribution in [-0.2, 0) is 0 Å². The first-order valence-corrected chi connectivity index (χ1v) is 6.34. The Kier molecular flexibility index (Phi) is 4.93. The average molecular weight is 238 g/mol. The number of rotatable bonds is 4. The Bertz CT molecular complexity index is 280. The quantitative estimate of drug-likeness (QED) is 0.727. The molecule has 1 saturated heterocycles. The second-order valence-electron chi connectivity index (χ2n) is 6.02. The molecular weight excluding hydrogens is 212 g/mol. The minimum absolute atomic E-state index is 0.157. The van der Waals surface area contributed by atoms with Crippen molar-refractivity contribution in [1.29, 1.82) is 5.26 Å². The van der Waals surface area contributed by atoms with Crippen LogP contribution < -0.4 is 0 Å². The molecule has 0 aromatic carbocycles. The number of nitriles is 1. The first kappa shape index (κ1) is 14.4. The maximum Gasteiger partial charge on any atom is 0.0638 e. The fourth-order valence-corrected chi connectivity index (χ4v) is 2.84. The molecule has 0 aromatic heterocycles. The summed E-state index contributed by atoms with van der Waals surface area (Å²) in [5, 5.41) is 8.96. The molecule has 1 unspecified atom stereocenters. The van der Waals surface area contributed by atoms with Gasteiger partial charge < -0.3 is 9.80 Å². The Hall–Kier alpha value is -0.630. The van der Waals surface area contributed by atoms with Gasteiger partial charge in [-0.15, -0.1) is 0 Å². The van der Waals surface area contributed by atoms with Gasteiger partial charge in [-0.2, -0.15) is 5.26 Å². The van der Waals surface area contributed by atoms with E-state index in [4.69, 9.17) is 5.26 Å². The molecule has 0 spiro atoms. The molecule has 4 nitrogen and oxygen atoms in total. The summed E-state index contributed by atoms with van der Waals surface area (Å²) < 4.78 is 0. The van der Waals surface area contributed by atoms with E-state index in [1.54, 1.807) is 0 Å². The molecule has 1 heterocycles. The first-order valence-electron chi connectivity index (χ1n) is 6.34. The second kappa shape index (κ2) is 5.81. The molecule has 0 aromatic rings. The van der Waals surface area contributed by atoms with Gasteiger partial charge >= 0.3 is 0 Å². The highest BCUT2D eigenvalue weighted by molar-refractivity contribution is 4.97. The van der Waals surface area contributed by atoms with E-state index in [1.165, 1.54) is 0 Å². The van der Waals surface area contributed by atoms with Crippen molar-refractivity contribution in [3.63, 3.8) is 0 Å². The van der Waals surface area contributed by atoms with E-state index in [2.05, 4.69) is 55.8 Å². The van der Waals surface area contributed by atoms with E-state index in [0.29, 0.717) is 12.5 Å². The van der Waals surface area contributed by atoms with Crippen molar-refractivity contribution >= 4 is 0 Å². The van der Waals surface area contributed by atoms with Crippen molar-refractivity contribution in [3.8, 4) is 6.07 Å². The lowest BCUT2D eigenvalue weighted by molar-refractivity contribution is -0.0169. The maximum absolute atomic E-state index is 8.96. The zero-order chi connectivity index (χ0) is 13.1. The predicted molar refractivity (Wildman–Crippen MR) is 70.9 cm³/mol. The van der Waals surface area contributed by atoms with Gasteiger partial charge in [0.05, 0.1) is 12.5 Å². The minimum Gasteiger partial charge on any atom is -0.308 e. The number of hydrogen-bond acceptors (Lipinski definition) is 4. The van der Waals surface area contributed by atoms with Crippen molar-refractivity contribution < 1.29 is 0 Å². The van der Waals surface area contributed by atoms with Crippen LogP contribution in [0.5, 0.6) is 0 Å². The summed E-state index contributed by atoms with van der Waals surface area (Å²) in [6, 6.07) is 2.70. The molecule has 0 N–H and O–H groups in total. The third-order valence-electron chi connectivity index (χ3n) is 3.51. The van der Waals surface area contributed by atoms with Gasteiger partial charge in [-0.25, -0.2) is 0 Å². The van der Waals surface area contributed by atoms with Gasteiger partial charge in [0, 0.05) is 37.8 Å². The van der Waals surface area contributed by atoms with Crippen molar-refractivity contribution in [2.24, 2.45) is 0 Å². The minimum atomic E-state index is 0.157. The van der Waals surface area contributed by atoms with Crippen LogP contribution in [0.25, 0.3) is 0 Å². The van der Waals surface area contributed by atoms with Gasteiger partial charge in [0.25, 0.3) is 0 Å². The van der Waals surface area contributed by atoms with E-state index in [-0.39, 0.29) is 5.54 Å². The fraction of sp³-hybridized carbons (Fsp3) is 0.923. The van der Waals surface area contributed by atoms with Crippen LogP contribution >= 0.6 is 0 Å². The van der Waals surface area contributed by atoms with Gasteiger partial charge in [-0.1, -0.05) is 0 Å². The number of piperazine rings is 1. The zero-order valence-corrected chi connectivity index (χ0v) is 11.9. The van der Waals surface area contributed by atoms with E-state index in [1.807, 2.05) is 0 Å². The Morgan fingerprint density at radius 3 is 2.59 bits per heavy atom. The lowest BCUT2D eigenvalue weighted by atomic mass is 9.94. The van der Waals surface area contributed by atoms with E-state index >= 15 is 0 Å². The SMILES string of the molecule is CN(C)CCN1C(CC#N)CN(C)CC1(C)C. The number of likely N-dealkylation sites (N-methyl/N-ethyl adjacent to an activating group) is 2. The lowest BCUT2D eigenvalue weighted by Crippen LogP contribution is -2.63. The van der Waals surface area contributed by atoms with Gasteiger partial charge in [0.1, 0.15) is 0 Å². The zero-order valence-electron chi connectivity index (χ0n) is 11.9. The first-order chi connectivity index (χ1) is 7.86. The topological polar surface area (TPSA) is 33.5 Å². The summed E-state index contributed by atoms with van der Waals surface area (Å²) in [5.41, 5.74) is 0.157. The van der Waals surface area contributed by atoms with Crippen LogP contribution in [0.4, 0.5) is 0 Å². The Balaban J connectivity index is 2.73. The molecule has 1 aliphatic heterocycles. The Morgan fingerprint density at radius 1 is 1.41 bits per heavy atom. The average Bonchev–Trinajstić information content (AvgIpc) is 2.14. The summed E-state index contributed by atoms with van der Waals surface area (Å²) >= 11 is 0. The van der Waals surface area contributed by atoms with Crippen molar-refractivity contribution in [3.05, 3.63) is 0 Å². The van der Waals surface area contributed by atoms with E-state index in [0.717, 1.165) is 26.2 Å². The van der Waals surface area contributed by atoms with Crippen molar-refractivity contribution in [1.82, 2.24) is 14.7 Å². The monoisotopic (exact) mass is 238 g/mol. The third kappa shape index (κ3) is 3.95. The van der Waals surface area contributed by atoms with Gasteiger partial charge in [0.15, 0.2) is 0 Å². The molecule has 1 rings (SSSR count). The number of hydrogen-bond donors (Lipinski definition) is 0. The van der Waals surface area contributed by atoms with Gasteiger partial charge in [-0.05, 0) is 35.0 Å². The van der Waals surface area contributed by atoms with Gasteiger partial charge in [0.2, 0.25) is 0 Å². The summed E-state index contributed by atoms with van der Waals surface area (Å²) in [4.78, 5) is 7.06. The maximum atomic E-state index is 8.96. The van der Waals surface area contributed by atoms with Crippen LogP contribution in [0, 0.1) is 11.3 Å². The standard InChI is InChI=1S/C13H26N4/c1-13(2)11-16(5)10-12(6-7-14)17(13)9-8-15(3)4/h12H,6,8-11H2,1-5H3. The van der Waals surface area contributed by atoms with E-state index in [9.17, 15) is 0 Å². The molecule has 98 valence electrons. The normalized spacial score (nSPS) is 26.1. The smallest absolute Gasteiger partial charge is 0.0638 e. The highest BCUT2D eigenvalue weighted by atomic mass is 15.3. The van der Waals surface area contributed by atoms with Crippen molar-refractivity contribution in [2.45, 2.75) is 31.8 Å². The van der Waals surface area contributed by atoms with Crippen LogP contribution in [0.3, 0.4) is 0 Å². The highest BCUT2D eigenvalue weighted by Gasteiger charge is 2.38. The van der Waals surface area contributed by atoms with Crippen LogP contribution in [-0.4, -0.2) is 73.6 Å². The largest absolute Gasteiger partial charge is 0.308 e. The predicted octanol–water partition coefficient (Wildman–Crippen LogP) is 0.856. The van der Waals surface area contributed by atoms with E-state index < -0.39 is 0 Å².